The van der Waals surface area contributed by atoms with Crippen LogP contribution in [0, 0.1) is 12.8 Å². The molecule has 0 aromatic heterocycles. The first-order chi connectivity index (χ1) is 9.92. The van der Waals surface area contributed by atoms with Crippen LogP contribution in [0.4, 0.5) is 0 Å². The van der Waals surface area contributed by atoms with Crippen molar-refractivity contribution in [2.24, 2.45) is 5.92 Å². The largest absolute Gasteiger partial charge is 0.300 e. The number of nitrogens with zero attached hydrogens (tertiary/aromatic N) is 1. The fourth-order valence-corrected chi connectivity index (χ4v) is 4.66. The SMILES string of the molecule is CCC1CCN(C(C)CS(=O)(=O)c2ccc(C)cc2)CC1. The number of sulfone groups is 1. The lowest BCUT2D eigenvalue weighted by Gasteiger charge is -2.35. The molecule has 1 aromatic rings. The highest BCUT2D eigenvalue weighted by Gasteiger charge is 2.26. The van der Waals surface area contributed by atoms with E-state index in [0.717, 1.165) is 24.6 Å². The molecule has 0 N–H and O–H groups in total. The van der Waals surface area contributed by atoms with Crippen LogP contribution in [0.3, 0.4) is 0 Å². The van der Waals surface area contributed by atoms with Crippen molar-refractivity contribution < 1.29 is 8.42 Å². The van der Waals surface area contributed by atoms with Gasteiger partial charge in [-0.25, -0.2) is 8.42 Å². The van der Waals surface area contributed by atoms with E-state index in [2.05, 4.69) is 11.8 Å². The first-order valence-corrected chi connectivity index (χ1v) is 9.61. The minimum absolute atomic E-state index is 0.0918. The van der Waals surface area contributed by atoms with Crippen LogP contribution in [0.2, 0.25) is 0 Å². The van der Waals surface area contributed by atoms with Crippen LogP contribution in [0.1, 0.15) is 38.7 Å². The third-order valence-electron chi connectivity index (χ3n) is 4.69. The van der Waals surface area contributed by atoms with Crippen LogP contribution in [-0.4, -0.2) is 38.2 Å². The highest BCUT2D eigenvalue weighted by atomic mass is 32.2. The van der Waals surface area contributed by atoms with Gasteiger partial charge in [0.2, 0.25) is 0 Å². The van der Waals surface area contributed by atoms with Gasteiger partial charge in [-0.3, -0.25) is 4.90 Å². The molecule has 21 heavy (non-hydrogen) atoms. The molecule has 0 amide bonds. The summed E-state index contributed by atoms with van der Waals surface area (Å²) in [6, 6.07) is 7.27. The number of aryl methyl sites for hydroxylation is 1. The maximum atomic E-state index is 12.5. The van der Waals surface area contributed by atoms with Gasteiger partial charge in [0.05, 0.1) is 10.6 Å². The number of hydrogen-bond acceptors (Lipinski definition) is 3. The lowest BCUT2D eigenvalue weighted by molar-refractivity contribution is 0.149. The summed E-state index contributed by atoms with van der Waals surface area (Å²) in [7, 11) is -3.19. The fraction of sp³-hybridized carbons (Fsp3) is 0.647. The van der Waals surface area contributed by atoms with Gasteiger partial charge in [-0.05, 0) is 57.8 Å². The Labute approximate surface area is 129 Å². The van der Waals surface area contributed by atoms with Crippen molar-refractivity contribution in [1.29, 1.82) is 0 Å². The molecule has 1 aliphatic rings. The zero-order valence-electron chi connectivity index (χ0n) is 13.4. The lowest BCUT2D eigenvalue weighted by atomic mass is 9.94. The molecule has 0 saturated carbocycles. The van der Waals surface area contributed by atoms with Crippen LogP contribution >= 0.6 is 0 Å². The highest BCUT2D eigenvalue weighted by Crippen LogP contribution is 2.23. The van der Waals surface area contributed by atoms with Crippen LogP contribution in [-0.2, 0) is 9.84 Å². The average molecular weight is 309 g/mol. The summed E-state index contributed by atoms with van der Waals surface area (Å²) in [6.45, 7) is 8.31. The Bertz CT molecular complexity index is 543. The molecule has 0 aliphatic carbocycles. The molecular weight excluding hydrogens is 282 g/mol. The average Bonchev–Trinajstić information content (AvgIpc) is 2.47. The summed E-state index contributed by atoms with van der Waals surface area (Å²) in [4.78, 5) is 2.78. The number of piperidine rings is 1. The number of hydrogen-bond donors (Lipinski definition) is 0. The van der Waals surface area contributed by atoms with Crippen molar-refractivity contribution in [3.63, 3.8) is 0 Å². The third-order valence-corrected chi connectivity index (χ3v) is 6.60. The maximum Gasteiger partial charge on any atom is 0.179 e. The van der Waals surface area contributed by atoms with E-state index < -0.39 is 9.84 Å². The van der Waals surface area contributed by atoms with Crippen molar-refractivity contribution >= 4 is 9.84 Å². The molecule has 0 radical (unpaired) electrons. The van der Waals surface area contributed by atoms with E-state index in [0.29, 0.717) is 4.90 Å². The van der Waals surface area contributed by atoms with Crippen molar-refractivity contribution in [2.45, 2.75) is 51.0 Å². The molecule has 4 heteroatoms. The van der Waals surface area contributed by atoms with E-state index in [1.54, 1.807) is 12.1 Å². The van der Waals surface area contributed by atoms with Crippen LogP contribution in [0.25, 0.3) is 0 Å². The molecule has 1 fully saturated rings. The molecule has 1 saturated heterocycles. The van der Waals surface area contributed by atoms with Gasteiger partial charge in [0.25, 0.3) is 0 Å². The quantitative estimate of drug-likeness (QED) is 0.837. The third kappa shape index (κ3) is 4.30. The van der Waals surface area contributed by atoms with Gasteiger partial charge < -0.3 is 0 Å². The summed E-state index contributed by atoms with van der Waals surface area (Å²) in [5.41, 5.74) is 1.09. The molecule has 1 aromatic carbocycles. The Balaban J connectivity index is 1.98. The smallest absolute Gasteiger partial charge is 0.179 e. The lowest BCUT2D eigenvalue weighted by Crippen LogP contribution is -2.43. The second-order valence-electron chi connectivity index (χ2n) is 6.33. The summed E-state index contributed by atoms with van der Waals surface area (Å²) in [5, 5.41) is 0. The Morgan fingerprint density at radius 1 is 1.19 bits per heavy atom. The van der Waals surface area contributed by atoms with Crippen molar-refractivity contribution in [3.8, 4) is 0 Å². The Kier molecular flexibility index (Phi) is 5.44. The molecule has 0 spiro atoms. The summed E-state index contributed by atoms with van der Waals surface area (Å²) in [6.07, 6.45) is 3.64. The second-order valence-corrected chi connectivity index (χ2v) is 8.37. The van der Waals surface area contributed by atoms with E-state index in [9.17, 15) is 8.42 Å². The minimum atomic E-state index is -3.19. The van der Waals surface area contributed by atoms with E-state index in [1.165, 1.54) is 19.3 Å². The Morgan fingerprint density at radius 2 is 1.76 bits per heavy atom. The normalized spacial score (nSPS) is 19.6. The molecule has 0 bridgehead atoms. The highest BCUT2D eigenvalue weighted by molar-refractivity contribution is 7.91. The number of benzene rings is 1. The molecule has 1 heterocycles. The van der Waals surface area contributed by atoms with Crippen LogP contribution in [0.15, 0.2) is 29.2 Å². The zero-order valence-corrected chi connectivity index (χ0v) is 14.2. The van der Waals surface area contributed by atoms with E-state index in [-0.39, 0.29) is 11.8 Å². The number of likely N-dealkylation sites (tertiary alicyclic amines) is 1. The Hall–Kier alpha value is -0.870. The summed E-state index contributed by atoms with van der Waals surface area (Å²) < 4.78 is 25.0. The molecule has 1 atom stereocenters. The van der Waals surface area contributed by atoms with Crippen molar-refractivity contribution in [2.75, 3.05) is 18.8 Å². The standard InChI is InChI=1S/C17H27NO2S/c1-4-16-9-11-18(12-10-16)15(3)13-21(19,20)17-7-5-14(2)6-8-17/h5-8,15-16H,4,9-13H2,1-3H3. The molecule has 2 rings (SSSR count). The van der Waals surface area contributed by atoms with Gasteiger partial charge in [0.15, 0.2) is 9.84 Å². The first kappa shape index (κ1) is 16.5. The molecular formula is C17H27NO2S. The molecule has 1 unspecified atom stereocenters. The molecule has 3 nitrogen and oxygen atoms in total. The maximum absolute atomic E-state index is 12.5. The van der Waals surface area contributed by atoms with E-state index in [4.69, 9.17) is 0 Å². The van der Waals surface area contributed by atoms with Gasteiger partial charge in [0, 0.05) is 6.04 Å². The second kappa shape index (κ2) is 6.93. The molecule has 118 valence electrons. The fourth-order valence-electron chi connectivity index (χ4n) is 3.07. The van der Waals surface area contributed by atoms with Crippen molar-refractivity contribution in [1.82, 2.24) is 4.90 Å². The van der Waals surface area contributed by atoms with Gasteiger partial charge in [-0.2, -0.15) is 0 Å². The van der Waals surface area contributed by atoms with Crippen LogP contribution in [0.5, 0.6) is 0 Å². The van der Waals surface area contributed by atoms with E-state index in [1.807, 2.05) is 26.0 Å². The predicted molar refractivity (Wildman–Crippen MR) is 87.3 cm³/mol. The summed E-state index contributed by atoms with van der Waals surface area (Å²) in [5.74, 6) is 1.04. The van der Waals surface area contributed by atoms with Crippen molar-refractivity contribution in [3.05, 3.63) is 29.8 Å². The monoisotopic (exact) mass is 309 g/mol. The minimum Gasteiger partial charge on any atom is -0.300 e. The summed E-state index contributed by atoms with van der Waals surface area (Å²) >= 11 is 0. The molecule has 1 aliphatic heterocycles. The van der Waals surface area contributed by atoms with Gasteiger partial charge in [-0.15, -0.1) is 0 Å². The Morgan fingerprint density at radius 3 is 2.29 bits per heavy atom. The van der Waals surface area contributed by atoms with Crippen LogP contribution < -0.4 is 0 Å². The zero-order chi connectivity index (χ0) is 15.5. The van der Waals surface area contributed by atoms with Gasteiger partial charge in [-0.1, -0.05) is 31.0 Å². The van der Waals surface area contributed by atoms with E-state index >= 15 is 0 Å². The number of rotatable bonds is 5. The predicted octanol–water partition coefficient (Wildman–Crippen LogP) is 3.28. The van der Waals surface area contributed by atoms with Gasteiger partial charge in [0.1, 0.15) is 0 Å². The van der Waals surface area contributed by atoms with Gasteiger partial charge >= 0.3 is 0 Å². The topological polar surface area (TPSA) is 37.4 Å². The first-order valence-electron chi connectivity index (χ1n) is 7.96.